The fraction of sp³-hybridized carbons (Fsp3) is 0.833. The van der Waals surface area contributed by atoms with E-state index in [9.17, 15) is 4.79 Å². The first-order valence-corrected chi connectivity index (χ1v) is 6.29. The van der Waals surface area contributed by atoms with Gasteiger partial charge in [0.15, 0.2) is 0 Å². The molecule has 5 heteroatoms. The van der Waals surface area contributed by atoms with Crippen LogP contribution in [0.4, 0.5) is 4.79 Å². The summed E-state index contributed by atoms with van der Waals surface area (Å²) >= 11 is 5.88. The van der Waals surface area contributed by atoms with E-state index in [1.807, 2.05) is 26.8 Å². The van der Waals surface area contributed by atoms with Crippen LogP contribution in [0, 0.1) is 17.2 Å². The molecule has 96 valence electrons. The predicted octanol–water partition coefficient (Wildman–Crippen LogP) is 2.76. The van der Waals surface area contributed by atoms with E-state index in [-0.39, 0.29) is 12.0 Å². The molecule has 1 atom stereocenters. The van der Waals surface area contributed by atoms with Crippen LogP contribution in [0.15, 0.2) is 0 Å². The van der Waals surface area contributed by atoms with Crippen molar-refractivity contribution in [2.75, 3.05) is 13.1 Å². The average Bonchev–Trinajstić information content (AvgIpc) is 2.26. The molecule has 1 aliphatic heterocycles. The highest BCUT2D eigenvalue weighted by molar-refractivity contribution is 6.22. The molecule has 0 N–H and O–H groups in total. The summed E-state index contributed by atoms with van der Waals surface area (Å²) in [5, 5.41) is 8.28. The summed E-state index contributed by atoms with van der Waals surface area (Å²) in [6, 6.07) is 2.05. The lowest BCUT2D eigenvalue weighted by atomic mass is 9.94. The van der Waals surface area contributed by atoms with Gasteiger partial charge in [-0.15, -0.1) is 11.6 Å². The number of nitriles is 1. The number of carbonyl (C=O) groups excluding carboxylic acids is 1. The highest BCUT2D eigenvalue weighted by Gasteiger charge is 2.29. The Bertz CT molecular complexity index is 311. The summed E-state index contributed by atoms with van der Waals surface area (Å²) in [4.78, 5) is 13.4. The molecule has 1 fully saturated rings. The van der Waals surface area contributed by atoms with Crippen LogP contribution in [0.3, 0.4) is 0 Å². The minimum atomic E-state index is -0.463. The molecule has 4 nitrogen and oxygen atoms in total. The maximum atomic E-state index is 11.8. The van der Waals surface area contributed by atoms with Gasteiger partial charge in [-0.25, -0.2) is 4.79 Å². The summed E-state index contributed by atoms with van der Waals surface area (Å²) < 4.78 is 5.29. The summed E-state index contributed by atoms with van der Waals surface area (Å²) in [6.07, 6.45) is 1.25. The van der Waals surface area contributed by atoms with Crippen molar-refractivity contribution in [1.29, 1.82) is 5.26 Å². The molecule has 0 saturated carbocycles. The maximum Gasteiger partial charge on any atom is 0.410 e. The molecular weight excluding hydrogens is 240 g/mol. The van der Waals surface area contributed by atoms with Crippen molar-refractivity contribution in [1.82, 2.24) is 4.90 Å². The van der Waals surface area contributed by atoms with E-state index < -0.39 is 11.0 Å². The van der Waals surface area contributed by atoms with E-state index in [1.54, 1.807) is 4.90 Å². The largest absolute Gasteiger partial charge is 0.444 e. The Balaban J connectivity index is 2.42. The van der Waals surface area contributed by atoms with Crippen LogP contribution >= 0.6 is 11.6 Å². The smallest absolute Gasteiger partial charge is 0.410 e. The van der Waals surface area contributed by atoms with Gasteiger partial charge in [0, 0.05) is 13.1 Å². The quantitative estimate of drug-likeness (QED) is 0.680. The van der Waals surface area contributed by atoms with E-state index in [0.29, 0.717) is 13.1 Å². The topological polar surface area (TPSA) is 53.3 Å². The first-order chi connectivity index (χ1) is 7.83. The molecule has 1 unspecified atom stereocenters. The lowest BCUT2D eigenvalue weighted by Crippen LogP contribution is -2.42. The summed E-state index contributed by atoms with van der Waals surface area (Å²) in [6.45, 7) is 6.78. The third kappa shape index (κ3) is 4.43. The van der Waals surface area contributed by atoms with Crippen molar-refractivity contribution < 1.29 is 9.53 Å². The highest BCUT2D eigenvalue weighted by Crippen LogP contribution is 2.24. The molecule has 0 radical (unpaired) electrons. The number of hydrogen-bond acceptors (Lipinski definition) is 3. The monoisotopic (exact) mass is 258 g/mol. The van der Waals surface area contributed by atoms with Crippen molar-refractivity contribution in [2.45, 2.75) is 44.6 Å². The van der Waals surface area contributed by atoms with Crippen LogP contribution in [0.2, 0.25) is 0 Å². The number of rotatable bonds is 1. The Labute approximate surface area is 107 Å². The van der Waals surface area contributed by atoms with Gasteiger partial charge in [-0.3, -0.25) is 0 Å². The molecule has 1 aliphatic rings. The van der Waals surface area contributed by atoms with Crippen LogP contribution in [0.5, 0.6) is 0 Å². The maximum absolute atomic E-state index is 11.8. The zero-order chi connectivity index (χ0) is 13.1. The molecular formula is C12H19ClN2O2. The lowest BCUT2D eigenvalue weighted by Gasteiger charge is -2.33. The van der Waals surface area contributed by atoms with E-state index in [4.69, 9.17) is 21.6 Å². The number of likely N-dealkylation sites (tertiary alicyclic amines) is 1. The molecule has 0 bridgehead atoms. The molecule has 0 aromatic heterocycles. The summed E-state index contributed by atoms with van der Waals surface area (Å²) in [7, 11) is 0. The average molecular weight is 259 g/mol. The van der Waals surface area contributed by atoms with E-state index in [2.05, 4.69) is 0 Å². The van der Waals surface area contributed by atoms with Gasteiger partial charge in [0.2, 0.25) is 0 Å². The van der Waals surface area contributed by atoms with Gasteiger partial charge in [-0.05, 0) is 39.5 Å². The van der Waals surface area contributed by atoms with Crippen LogP contribution < -0.4 is 0 Å². The van der Waals surface area contributed by atoms with E-state index in [0.717, 1.165) is 12.8 Å². The molecule has 1 heterocycles. The molecule has 0 aliphatic carbocycles. The van der Waals surface area contributed by atoms with Gasteiger partial charge in [0.05, 0.1) is 6.07 Å². The van der Waals surface area contributed by atoms with Crippen LogP contribution in [-0.2, 0) is 4.74 Å². The predicted molar refractivity (Wildman–Crippen MR) is 65.8 cm³/mol. The van der Waals surface area contributed by atoms with E-state index in [1.165, 1.54) is 0 Å². The zero-order valence-corrected chi connectivity index (χ0v) is 11.3. The van der Waals surface area contributed by atoms with Crippen LogP contribution in [0.1, 0.15) is 33.6 Å². The first kappa shape index (κ1) is 14.1. The summed E-state index contributed by atoms with van der Waals surface area (Å²) in [5.74, 6) is 0.181. The molecule has 0 spiro atoms. The summed E-state index contributed by atoms with van der Waals surface area (Å²) in [5.41, 5.74) is -0.463. The van der Waals surface area contributed by atoms with E-state index >= 15 is 0 Å². The van der Waals surface area contributed by atoms with Crippen molar-refractivity contribution in [3.63, 3.8) is 0 Å². The Hall–Kier alpha value is -0.950. The zero-order valence-electron chi connectivity index (χ0n) is 10.6. The van der Waals surface area contributed by atoms with Crippen molar-refractivity contribution >= 4 is 17.7 Å². The van der Waals surface area contributed by atoms with Gasteiger partial charge >= 0.3 is 6.09 Å². The highest BCUT2D eigenvalue weighted by atomic mass is 35.5. The second-order valence-electron chi connectivity index (χ2n) is 5.34. The Morgan fingerprint density at radius 1 is 1.47 bits per heavy atom. The number of carbonyl (C=O) groups is 1. The van der Waals surface area contributed by atoms with Crippen LogP contribution in [0.25, 0.3) is 0 Å². The SMILES string of the molecule is CC(C)(C)OC(=O)N1CCC(C(Cl)C#N)CC1. The fourth-order valence-corrected chi connectivity index (χ4v) is 2.06. The Kier molecular flexibility index (Phi) is 4.64. The Morgan fingerprint density at radius 3 is 2.41 bits per heavy atom. The Morgan fingerprint density at radius 2 is 2.00 bits per heavy atom. The minimum absolute atomic E-state index is 0.181. The number of piperidine rings is 1. The van der Waals surface area contributed by atoms with Crippen LogP contribution in [-0.4, -0.2) is 35.1 Å². The number of hydrogen-bond donors (Lipinski definition) is 0. The van der Waals surface area contributed by atoms with Gasteiger partial charge < -0.3 is 9.64 Å². The second kappa shape index (κ2) is 5.59. The normalized spacial score (nSPS) is 19.6. The number of alkyl halides is 1. The molecule has 1 rings (SSSR count). The molecule has 0 aromatic carbocycles. The third-order valence-corrected chi connectivity index (χ3v) is 3.18. The molecule has 17 heavy (non-hydrogen) atoms. The lowest BCUT2D eigenvalue weighted by molar-refractivity contribution is 0.0186. The van der Waals surface area contributed by atoms with Gasteiger partial charge in [-0.2, -0.15) is 5.26 Å². The molecule has 1 amide bonds. The number of halogens is 1. The number of amides is 1. The molecule has 0 aromatic rings. The van der Waals surface area contributed by atoms with Gasteiger partial charge in [0.25, 0.3) is 0 Å². The van der Waals surface area contributed by atoms with Crippen molar-refractivity contribution in [3.05, 3.63) is 0 Å². The number of nitrogens with zero attached hydrogens (tertiary/aromatic N) is 2. The molecule has 1 saturated heterocycles. The minimum Gasteiger partial charge on any atom is -0.444 e. The fourth-order valence-electron chi connectivity index (χ4n) is 1.81. The first-order valence-electron chi connectivity index (χ1n) is 5.85. The second-order valence-corrected chi connectivity index (χ2v) is 5.81. The van der Waals surface area contributed by atoms with Crippen molar-refractivity contribution in [3.8, 4) is 6.07 Å². The van der Waals surface area contributed by atoms with Gasteiger partial charge in [0.1, 0.15) is 11.0 Å². The number of ether oxygens (including phenoxy) is 1. The van der Waals surface area contributed by atoms with Crippen molar-refractivity contribution in [2.24, 2.45) is 5.92 Å². The standard InChI is InChI=1S/C12H19ClN2O2/c1-12(2,3)17-11(16)15-6-4-9(5-7-15)10(13)8-14/h9-10H,4-7H2,1-3H3. The van der Waals surface area contributed by atoms with Gasteiger partial charge in [-0.1, -0.05) is 0 Å². The third-order valence-electron chi connectivity index (χ3n) is 2.73.